The number of alkyl halides is 3. The van der Waals surface area contributed by atoms with Gasteiger partial charge in [0.2, 0.25) is 0 Å². The topological polar surface area (TPSA) is 29.3 Å². The molecule has 1 aromatic rings. The van der Waals surface area contributed by atoms with Gasteiger partial charge >= 0.3 is 6.18 Å². The molecule has 0 aromatic heterocycles. The third kappa shape index (κ3) is 4.51. The van der Waals surface area contributed by atoms with E-state index in [1.54, 1.807) is 24.9 Å². The molecule has 0 bridgehead atoms. The van der Waals surface area contributed by atoms with E-state index >= 15 is 0 Å². The van der Waals surface area contributed by atoms with Crippen LogP contribution in [0.25, 0.3) is 0 Å². The minimum atomic E-state index is -4.48. The molecule has 1 unspecified atom stereocenters. The second-order valence-corrected chi connectivity index (χ2v) is 6.07. The average Bonchev–Trinajstić information content (AvgIpc) is 2.42. The van der Waals surface area contributed by atoms with Crippen molar-refractivity contribution in [1.29, 1.82) is 0 Å². The highest BCUT2D eigenvalue weighted by Crippen LogP contribution is 2.35. The Balaban J connectivity index is 3.24. The fourth-order valence-corrected chi connectivity index (χ4v) is 3.13. The summed E-state index contributed by atoms with van der Waals surface area (Å²) < 4.78 is 39.4. The number of nitrogens with zero attached hydrogens (tertiary/aromatic N) is 1. The lowest BCUT2D eigenvalue weighted by Crippen LogP contribution is -2.33. The Labute approximate surface area is 132 Å². The Morgan fingerprint density at radius 3 is 2.48 bits per heavy atom. The molecule has 0 spiro atoms. The Hall–Kier alpha value is -0.950. The van der Waals surface area contributed by atoms with Gasteiger partial charge in [0.1, 0.15) is 4.99 Å². The zero-order chi connectivity index (χ0) is 16.2. The van der Waals surface area contributed by atoms with Crippen molar-refractivity contribution in [3.8, 4) is 0 Å². The molecule has 0 radical (unpaired) electrons. The fraction of sp³-hybridized carbons (Fsp3) is 0.500. The summed E-state index contributed by atoms with van der Waals surface area (Å²) >= 11 is 6.37. The number of halogens is 3. The first kappa shape index (κ1) is 18.1. The molecule has 0 fully saturated rings. The molecule has 2 N–H and O–H groups in total. The van der Waals surface area contributed by atoms with E-state index in [1.165, 1.54) is 6.07 Å². The van der Waals surface area contributed by atoms with Crippen molar-refractivity contribution in [3.05, 3.63) is 29.3 Å². The van der Waals surface area contributed by atoms with E-state index < -0.39 is 11.7 Å². The molecule has 0 heterocycles. The molecule has 1 atom stereocenters. The number of thiocarbonyl (C=S) groups is 1. The van der Waals surface area contributed by atoms with Gasteiger partial charge in [-0.05, 0) is 30.9 Å². The Morgan fingerprint density at radius 1 is 1.43 bits per heavy atom. The van der Waals surface area contributed by atoms with E-state index in [1.807, 2.05) is 18.1 Å². The maximum Gasteiger partial charge on any atom is 0.417 e. The molecular weight excluding hydrogens is 317 g/mol. The summed E-state index contributed by atoms with van der Waals surface area (Å²) in [6, 6.07) is 4.28. The molecule has 0 aliphatic carbocycles. The van der Waals surface area contributed by atoms with E-state index in [9.17, 15) is 13.2 Å². The van der Waals surface area contributed by atoms with Crippen LogP contribution in [0.1, 0.15) is 24.5 Å². The van der Waals surface area contributed by atoms with Gasteiger partial charge in [-0.3, -0.25) is 0 Å². The standard InChI is InChI=1S/C14H19F3N2S2/c1-4-9(8-21-3)19(2)10-5-6-11(13(18)20)12(7-10)14(15,16)17/h5-7,9H,4,8H2,1-3H3,(H2,18,20). The SMILES string of the molecule is CCC(CSC)N(C)c1ccc(C(N)=S)c(C(F)(F)F)c1. The van der Waals surface area contributed by atoms with Crippen LogP contribution in [-0.2, 0) is 6.18 Å². The number of rotatable bonds is 6. The number of thioether (sulfide) groups is 1. The Bertz CT molecular complexity index is 503. The van der Waals surface area contributed by atoms with Crippen molar-refractivity contribution in [2.75, 3.05) is 24.0 Å². The van der Waals surface area contributed by atoms with Crippen molar-refractivity contribution in [2.24, 2.45) is 5.73 Å². The largest absolute Gasteiger partial charge is 0.417 e. The van der Waals surface area contributed by atoms with Crippen molar-refractivity contribution >= 4 is 34.7 Å². The van der Waals surface area contributed by atoms with Crippen LogP contribution in [0.5, 0.6) is 0 Å². The molecule has 0 aliphatic heterocycles. The molecular formula is C14H19F3N2S2. The third-order valence-corrected chi connectivity index (χ3v) is 4.30. The summed E-state index contributed by atoms with van der Waals surface area (Å²) in [6.07, 6.45) is -1.64. The molecule has 2 nitrogen and oxygen atoms in total. The van der Waals surface area contributed by atoms with E-state index in [0.717, 1.165) is 18.2 Å². The van der Waals surface area contributed by atoms with Crippen LogP contribution in [-0.4, -0.2) is 30.1 Å². The maximum atomic E-state index is 13.1. The van der Waals surface area contributed by atoms with Gasteiger partial charge in [-0.25, -0.2) is 0 Å². The molecule has 21 heavy (non-hydrogen) atoms. The molecule has 0 saturated heterocycles. The summed E-state index contributed by atoms with van der Waals surface area (Å²) in [7, 11) is 1.81. The monoisotopic (exact) mass is 336 g/mol. The van der Waals surface area contributed by atoms with Gasteiger partial charge in [-0.15, -0.1) is 0 Å². The van der Waals surface area contributed by atoms with Crippen LogP contribution in [0, 0.1) is 0 Å². The van der Waals surface area contributed by atoms with Crippen LogP contribution in [0.15, 0.2) is 18.2 Å². The number of nitrogens with two attached hydrogens (primary N) is 1. The smallest absolute Gasteiger partial charge is 0.389 e. The van der Waals surface area contributed by atoms with E-state index in [2.05, 4.69) is 0 Å². The molecule has 0 saturated carbocycles. The molecule has 1 rings (SSSR count). The Morgan fingerprint density at radius 2 is 2.05 bits per heavy atom. The lowest BCUT2D eigenvalue weighted by Gasteiger charge is -2.29. The second kappa shape index (κ2) is 7.35. The van der Waals surface area contributed by atoms with E-state index in [4.69, 9.17) is 18.0 Å². The lowest BCUT2D eigenvalue weighted by molar-refractivity contribution is -0.137. The quantitative estimate of drug-likeness (QED) is 0.798. The molecule has 118 valence electrons. The van der Waals surface area contributed by atoms with Crippen molar-refractivity contribution in [2.45, 2.75) is 25.6 Å². The van der Waals surface area contributed by atoms with E-state index in [-0.39, 0.29) is 16.6 Å². The predicted molar refractivity (Wildman–Crippen MR) is 88.2 cm³/mol. The van der Waals surface area contributed by atoms with Gasteiger partial charge in [0.05, 0.1) is 5.56 Å². The summed E-state index contributed by atoms with van der Waals surface area (Å²) in [5.41, 5.74) is 4.99. The first-order valence-corrected chi connectivity index (χ1v) is 8.25. The zero-order valence-corrected chi connectivity index (χ0v) is 13.8. The van der Waals surface area contributed by atoms with Crippen molar-refractivity contribution in [3.63, 3.8) is 0 Å². The van der Waals surface area contributed by atoms with Crippen LogP contribution in [0.2, 0.25) is 0 Å². The summed E-state index contributed by atoms with van der Waals surface area (Å²) in [4.78, 5) is 1.63. The highest BCUT2D eigenvalue weighted by atomic mass is 32.2. The number of hydrogen-bond acceptors (Lipinski definition) is 3. The van der Waals surface area contributed by atoms with Gasteiger partial charge in [0, 0.05) is 30.1 Å². The normalized spacial score (nSPS) is 13.0. The van der Waals surface area contributed by atoms with Crippen LogP contribution >= 0.6 is 24.0 Å². The first-order chi connectivity index (χ1) is 9.72. The third-order valence-electron chi connectivity index (χ3n) is 3.36. The van der Waals surface area contributed by atoms with Gasteiger partial charge in [0.15, 0.2) is 0 Å². The second-order valence-electron chi connectivity index (χ2n) is 4.72. The van der Waals surface area contributed by atoms with Gasteiger partial charge in [-0.1, -0.05) is 19.1 Å². The number of anilines is 1. The molecule has 0 aliphatic rings. The highest BCUT2D eigenvalue weighted by Gasteiger charge is 2.34. The summed E-state index contributed by atoms with van der Waals surface area (Å²) in [6.45, 7) is 2.02. The van der Waals surface area contributed by atoms with Crippen molar-refractivity contribution in [1.82, 2.24) is 0 Å². The summed E-state index contributed by atoms with van der Waals surface area (Å²) in [5, 5.41) is 0. The molecule has 7 heteroatoms. The maximum absolute atomic E-state index is 13.1. The highest BCUT2D eigenvalue weighted by molar-refractivity contribution is 7.98. The number of benzene rings is 1. The Kier molecular flexibility index (Phi) is 6.34. The minimum absolute atomic E-state index is 0.132. The molecule has 0 amide bonds. The van der Waals surface area contributed by atoms with Crippen LogP contribution in [0.4, 0.5) is 18.9 Å². The van der Waals surface area contributed by atoms with Crippen molar-refractivity contribution < 1.29 is 13.2 Å². The first-order valence-electron chi connectivity index (χ1n) is 6.45. The van der Waals surface area contributed by atoms with Gasteiger partial charge < -0.3 is 10.6 Å². The van der Waals surface area contributed by atoms with Gasteiger partial charge in [0.25, 0.3) is 0 Å². The number of hydrogen-bond donors (Lipinski definition) is 1. The fourth-order valence-electron chi connectivity index (χ4n) is 2.11. The average molecular weight is 336 g/mol. The van der Waals surface area contributed by atoms with Crippen LogP contribution < -0.4 is 10.6 Å². The predicted octanol–water partition coefficient (Wildman–Crippen LogP) is 3.92. The minimum Gasteiger partial charge on any atom is -0.389 e. The van der Waals surface area contributed by atoms with Crippen LogP contribution in [0.3, 0.4) is 0 Å². The lowest BCUT2D eigenvalue weighted by atomic mass is 10.0. The van der Waals surface area contributed by atoms with Gasteiger partial charge in [-0.2, -0.15) is 24.9 Å². The van der Waals surface area contributed by atoms with E-state index in [0.29, 0.717) is 5.69 Å². The summed E-state index contributed by atoms with van der Waals surface area (Å²) in [5.74, 6) is 0.853. The molecule has 1 aromatic carbocycles. The zero-order valence-electron chi connectivity index (χ0n) is 12.2.